The molecule has 0 aromatic heterocycles. The Labute approximate surface area is 187 Å². The maximum absolute atomic E-state index is 10.0. The quantitative estimate of drug-likeness (QED) is 0.245. The van der Waals surface area contributed by atoms with Gasteiger partial charge in [-0.2, -0.15) is 0 Å². The van der Waals surface area contributed by atoms with E-state index in [4.69, 9.17) is 15.1 Å². The zero-order chi connectivity index (χ0) is 23.5. The van der Waals surface area contributed by atoms with Crippen LogP contribution in [0.2, 0.25) is 13.1 Å². The molecular formula is C26H32BNO3. The van der Waals surface area contributed by atoms with Crippen molar-refractivity contribution in [2.75, 3.05) is 7.11 Å². The third kappa shape index (κ3) is 12.6. The molecule has 2 aromatic carbocycles. The second-order valence-electron chi connectivity index (χ2n) is 6.36. The molecule has 5 heteroatoms. The van der Waals surface area contributed by atoms with Crippen molar-refractivity contribution in [3.05, 3.63) is 83.5 Å². The Balaban J connectivity index is 0.000000539. The second kappa shape index (κ2) is 17.4. The van der Waals surface area contributed by atoms with E-state index < -0.39 is 0 Å². The number of nitriles is 1. The van der Waals surface area contributed by atoms with Crippen LogP contribution < -0.4 is 4.74 Å². The molecule has 0 heterocycles. The highest BCUT2D eigenvalue weighted by Crippen LogP contribution is 2.17. The summed E-state index contributed by atoms with van der Waals surface area (Å²) < 4.78 is 5.11. The lowest BCUT2D eigenvalue weighted by molar-refractivity contribution is -0.104. The molecule has 0 saturated heterocycles. The number of aromatic hydroxyl groups is 1. The van der Waals surface area contributed by atoms with E-state index in [1.807, 2.05) is 82.2 Å². The molecule has 162 valence electrons. The van der Waals surface area contributed by atoms with Gasteiger partial charge < -0.3 is 9.84 Å². The smallest absolute Gasteiger partial charge is 0.268 e. The molecule has 4 nitrogen and oxygen atoms in total. The van der Waals surface area contributed by atoms with Crippen LogP contribution in [0.15, 0.2) is 66.8 Å². The first-order chi connectivity index (χ1) is 15.0. The summed E-state index contributed by atoms with van der Waals surface area (Å²) in [5, 5.41) is 17.6. The minimum atomic E-state index is 0.0587. The van der Waals surface area contributed by atoms with Gasteiger partial charge in [0.25, 0.3) is 6.71 Å². The number of allylic oxidation sites excluding steroid dienone is 4. The Morgan fingerprint density at radius 1 is 1.06 bits per heavy atom. The summed E-state index contributed by atoms with van der Waals surface area (Å²) in [6, 6.07) is 12.8. The number of aldehydes is 1. The summed E-state index contributed by atoms with van der Waals surface area (Å²) in [5.41, 5.74) is 3.30. The Bertz CT molecular complexity index is 894. The topological polar surface area (TPSA) is 70.3 Å². The molecule has 0 aliphatic rings. The van der Waals surface area contributed by atoms with E-state index >= 15 is 0 Å². The highest BCUT2D eigenvalue weighted by atomic mass is 16.5. The monoisotopic (exact) mass is 417 g/mol. The van der Waals surface area contributed by atoms with Gasteiger partial charge in [-0.25, -0.2) is 5.26 Å². The van der Waals surface area contributed by atoms with Crippen LogP contribution in [-0.4, -0.2) is 25.2 Å². The fraction of sp³-hybridized carbons (Fsp3) is 0.231. The number of rotatable bonds is 7. The van der Waals surface area contributed by atoms with Gasteiger partial charge in [-0.15, -0.1) is 0 Å². The molecule has 0 aliphatic heterocycles. The Morgan fingerprint density at radius 2 is 1.74 bits per heavy atom. The van der Waals surface area contributed by atoms with Crippen LogP contribution in [0.4, 0.5) is 0 Å². The molecule has 0 radical (unpaired) electrons. The summed E-state index contributed by atoms with van der Waals surface area (Å²) >= 11 is 0. The van der Waals surface area contributed by atoms with Crippen LogP contribution in [0.5, 0.6) is 11.5 Å². The number of hydrogen-bond acceptors (Lipinski definition) is 4. The zero-order valence-electron chi connectivity index (χ0n) is 19.1. The van der Waals surface area contributed by atoms with Crippen LogP contribution in [0.25, 0.3) is 12.2 Å². The molecule has 0 spiro atoms. The van der Waals surface area contributed by atoms with Crippen molar-refractivity contribution in [1.29, 1.82) is 5.26 Å². The lowest BCUT2D eigenvalue weighted by Crippen LogP contribution is -1.99. The van der Waals surface area contributed by atoms with Crippen molar-refractivity contribution >= 4 is 25.2 Å². The number of nitrogens with zero attached hydrogens (tertiary/aromatic N) is 1. The number of aryl methyl sites for hydroxylation is 1. The van der Waals surface area contributed by atoms with Crippen LogP contribution in [0.1, 0.15) is 30.5 Å². The molecule has 0 bridgehead atoms. The molecule has 2 rings (SSSR count). The van der Waals surface area contributed by atoms with E-state index in [9.17, 15) is 4.79 Å². The standard InChI is InChI=1S/C13H14O2.C11H12BNO.C2H6/c1-11-10-13(15-2)8-7-12(11)6-4-3-5-9-14;1-12(9-13)8-2-3-10-4-6-11(14)7-5-10;1-2/h3-10H,1-2H3;2-7,14H,8H2,1H3;1-2H3/b5-3+,6-4+;3-2-;. The minimum Gasteiger partial charge on any atom is -0.508 e. The Kier molecular flexibility index (Phi) is 15.4. The zero-order valence-corrected chi connectivity index (χ0v) is 19.1. The molecular weight excluding hydrogens is 385 g/mol. The average Bonchev–Trinajstić information content (AvgIpc) is 2.80. The molecule has 0 unspecified atom stereocenters. The summed E-state index contributed by atoms with van der Waals surface area (Å²) in [5.74, 6) is 3.29. The van der Waals surface area contributed by atoms with Gasteiger partial charge in [0, 0.05) is 5.97 Å². The molecule has 0 amide bonds. The first-order valence-corrected chi connectivity index (χ1v) is 10.3. The van der Waals surface area contributed by atoms with Gasteiger partial charge in [0.1, 0.15) is 17.8 Å². The van der Waals surface area contributed by atoms with E-state index in [0.29, 0.717) is 0 Å². The van der Waals surface area contributed by atoms with Crippen LogP contribution >= 0.6 is 0 Å². The van der Waals surface area contributed by atoms with Crippen LogP contribution in [0.3, 0.4) is 0 Å². The number of carbonyl (C=O) groups is 1. The fourth-order valence-corrected chi connectivity index (χ4v) is 2.28. The molecule has 2 aromatic rings. The summed E-state index contributed by atoms with van der Waals surface area (Å²) in [7, 11) is 1.65. The predicted molar refractivity (Wildman–Crippen MR) is 132 cm³/mol. The van der Waals surface area contributed by atoms with Crippen molar-refractivity contribution in [2.45, 2.75) is 33.9 Å². The van der Waals surface area contributed by atoms with Gasteiger partial charge in [-0.3, -0.25) is 4.79 Å². The predicted octanol–water partition coefficient (Wildman–Crippen LogP) is 6.39. The number of phenolic OH excluding ortho intramolecular Hbond substituents is 1. The molecule has 0 fully saturated rings. The van der Waals surface area contributed by atoms with E-state index in [-0.39, 0.29) is 12.5 Å². The molecule has 31 heavy (non-hydrogen) atoms. The summed E-state index contributed by atoms with van der Waals surface area (Å²) in [6.07, 6.45) is 12.4. The third-order valence-corrected chi connectivity index (χ3v) is 3.97. The van der Waals surface area contributed by atoms with Gasteiger partial charge in [0.15, 0.2) is 0 Å². The van der Waals surface area contributed by atoms with Gasteiger partial charge >= 0.3 is 0 Å². The SMILES string of the molecule is CB(C#N)C/C=C\c1ccc(O)cc1.CC.COc1ccc(/C=C/C=C/C=O)c(C)c1. The maximum Gasteiger partial charge on any atom is 0.268 e. The number of ether oxygens (including phenoxy) is 1. The Hall–Kier alpha value is -3.52. The first-order valence-electron chi connectivity index (χ1n) is 10.3. The van der Waals surface area contributed by atoms with Crippen molar-refractivity contribution in [1.82, 2.24) is 0 Å². The Morgan fingerprint density at radius 3 is 2.29 bits per heavy atom. The maximum atomic E-state index is 10.0. The van der Waals surface area contributed by atoms with Crippen LogP contribution in [0, 0.1) is 18.2 Å². The van der Waals surface area contributed by atoms with Crippen molar-refractivity contribution in [2.24, 2.45) is 0 Å². The van der Waals surface area contributed by atoms with E-state index in [0.717, 1.165) is 35.0 Å². The average molecular weight is 417 g/mol. The van der Waals surface area contributed by atoms with Gasteiger partial charge in [0.2, 0.25) is 0 Å². The van der Waals surface area contributed by atoms with Gasteiger partial charge in [-0.05, 0) is 60.3 Å². The number of methoxy groups -OCH3 is 1. The molecule has 1 N–H and O–H groups in total. The van der Waals surface area contributed by atoms with E-state index in [2.05, 4.69) is 5.97 Å². The third-order valence-electron chi connectivity index (χ3n) is 3.97. The number of hydrogen-bond donors (Lipinski definition) is 1. The molecule has 0 atom stereocenters. The first kappa shape index (κ1) is 27.5. The highest BCUT2D eigenvalue weighted by molar-refractivity contribution is 6.65. The number of carbonyl (C=O) groups excluding carboxylic acids is 1. The van der Waals surface area contributed by atoms with E-state index in [1.165, 1.54) is 6.08 Å². The van der Waals surface area contributed by atoms with Crippen molar-refractivity contribution in [3.63, 3.8) is 0 Å². The summed E-state index contributed by atoms with van der Waals surface area (Å²) in [6.45, 7) is 7.97. The largest absolute Gasteiger partial charge is 0.508 e. The van der Waals surface area contributed by atoms with E-state index in [1.54, 1.807) is 25.3 Å². The lowest BCUT2D eigenvalue weighted by atomic mass is 9.51. The lowest BCUT2D eigenvalue weighted by Gasteiger charge is -2.03. The number of benzene rings is 2. The second-order valence-corrected chi connectivity index (χ2v) is 6.36. The molecule has 0 aliphatic carbocycles. The summed E-state index contributed by atoms with van der Waals surface area (Å²) in [4.78, 5) is 10.0. The van der Waals surface area contributed by atoms with Crippen LogP contribution in [-0.2, 0) is 4.79 Å². The molecule has 0 saturated carbocycles. The normalized spacial score (nSPS) is 10.1. The highest BCUT2D eigenvalue weighted by Gasteiger charge is 2.00. The minimum absolute atomic E-state index is 0.0587. The van der Waals surface area contributed by atoms with Crippen molar-refractivity contribution < 1.29 is 14.6 Å². The fourth-order valence-electron chi connectivity index (χ4n) is 2.28. The van der Waals surface area contributed by atoms with Gasteiger partial charge in [0.05, 0.1) is 7.11 Å². The van der Waals surface area contributed by atoms with Crippen molar-refractivity contribution in [3.8, 4) is 17.5 Å². The van der Waals surface area contributed by atoms with Gasteiger partial charge in [-0.1, -0.05) is 69.2 Å². The number of phenols is 1.